The first-order valence-electron chi connectivity index (χ1n) is 8.11. The second-order valence-electron chi connectivity index (χ2n) is 5.55. The maximum Gasteiger partial charge on any atom is 0.197 e. The Morgan fingerprint density at radius 3 is 2.43 bits per heavy atom. The van der Waals surface area contributed by atoms with Crippen molar-refractivity contribution in [2.75, 3.05) is 0 Å². The average molecular weight is 312 g/mol. The molecule has 1 N–H and O–H groups in total. The molecule has 2 rings (SSSR count). The van der Waals surface area contributed by atoms with Gasteiger partial charge < -0.3 is 9.84 Å². The van der Waals surface area contributed by atoms with E-state index in [4.69, 9.17) is 4.74 Å². The van der Waals surface area contributed by atoms with E-state index >= 15 is 0 Å². The van der Waals surface area contributed by atoms with Gasteiger partial charge in [0.25, 0.3) is 0 Å². The number of hydrogen-bond donors (Lipinski definition) is 1. The van der Waals surface area contributed by atoms with E-state index < -0.39 is 6.29 Å². The summed E-state index contributed by atoms with van der Waals surface area (Å²) in [6.45, 7) is 4.08. The lowest BCUT2D eigenvalue weighted by molar-refractivity contribution is -0.0249. The summed E-state index contributed by atoms with van der Waals surface area (Å²) in [6, 6.07) is 15.2. The molecule has 0 radical (unpaired) electrons. The molecule has 1 atom stereocenters. The molecule has 1 unspecified atom stereocenters. The van der Waals surface area contributed by atoms with Crippen LogP contribution >= 0.6 is 0 Å². The quantitative estimate of drug-likeness (QED) is 0.387. The van der Waals surface area contributed by atoms with E-state index in [1.165, 1.54) is 0 Å². The lowest BCUT2D eigenvalue weighted by atomic mass is 10.2. The standard InChI is InChI=1S/C19H24N2O2/c1-3-4-6-11-19(22)23-18-13-12-17(14-15(18)2)21-20-16-9-7-5-8-10-16/h5,7-10,12-14,19,22H,3-4,6,11H2,1-2H3. The van der Waals surface area contributed by atoms with Crippen LogP contribution in [-0.2, 0) is 0 Å². The van der Waals surface area contributed by atoms with Gasteiger partial charge in [-0.25, -0.2) is 0 Å². The molecule has 0 spiro atoms. The first-order valence-corrected chi connectivity index (χ1v) is 8.11. The molecule has 0 bridgehead atoms. The Bertz CT molecular complexity index is 627. The number of benzene rings is 2. The third-order valence-electron chi connectivity index (χ3n) is 3.51. The zero-order chi connectivity index (χ0) is 16.5. The van der Waals surface area contributed by atoms with Gasteiger partial charge in [0, 0.05) is 6.42 Å². The molecule has 0 saturated carbocycles. The number of unbranched alkanes of at least 4 members (excludes halogenated alkanes) is 2. The molecule has 23 heavy (non-hydrogen) atoms. The average Bonchev–Trinajstić information content (AvgIpc) is 2.56. The minimum atomic E-state index is -0.753. The number of azo groups is 1. The van der Waals surface area contributed by atoms with Gasteiger partial charge in [0.1, 0.15) is 5.75 Å². The Hall–Kier alpha value is -2.20. The van der Waals surface area contributed by atoms with Gasteiger partial charge >= 0.3 is 0 Å². The molecular weight excluding hydrogens is 288 g/mol. The summed E-state index contributed by atoms with van der Waals surface area (Å²) in [5.74, 6) is 0.688. The summed E-state index contributed by atoms with van der Waals surface area (Å²) in [6.07, 6.45) is 3.12. The molecule has 4 nitrogen and oxygen atoms in total. The molecule has 0 saturated heterocycles. The van der Waals surface area contributed by atoms with Gasteiger partial charge in [0.2, 0.25) is 0 Å². The minimum Gasteiger partial charge on any atom is -0.465 e. The van der Waals surface area contributed by atoms with Crippen molar-refractivity contribution in [2.45, 2.75) is 45.8 Å². The van der Waals surface area contributed by atoms with Crippen molar-refractivity contribution < 1.29 is 9.84 Å². The maximum absolute atomic E-state index is 9.91. The number of aryl methyl sites for hydroxylation is 1. The predicted molar refractivity (Wildman–Crippen MR) is 92.6 cm³/mol. The van der Waals surface area contributed by atoms with Crippen molar-refractivity contribution in [3.8, 4) is 5.75 Å². The highest BCUT2D eigenvalue weighted by atomic mass is 16.6. The molecule has 0 heterocycles. The summed E-state index contributed by atoms with van der Waals surface area (Å²) >= 11 is 0. The largest absolute Gasteiger partial charge is 0.465 e. The lowest BCUT2D eigenvalue weighted by Crippen LogP contribution is -2.15. The molecule has 4 heteroatoms. The van der Waals surface area contributed by atoms with E-state index in [9.17, 15) is 5.11 Å². The smallest absolute Gasteiger partial charge is 0.197 e. The summed E-state index contributed by atoms with van der Waals surface area (Å²) in [5.41, 5.74) is 2.51. The predicted octanol–water partition coefficient (Wildman–Crippen LogP) is 5.69. The number of rotatable bonds is 8. The molecule has 0 amide bonds. The number of ether oxygens (including phenoxy) is 1. The van der Waals surface area contributed by atoms with Crippen LogP contribution in [0.3, 0.4) is 0 Å². The van der Waals surface area contributed by atoms with Crippen molar-refractivity contribution in [1.82, 2.24) is 0 Å². The summed E-state index contributed by atoms with van der Waals surface area (Å²) in [7, 11) is 0. The molecule has 0 aliphatic carbocycles. The molecule has 0 aliphatic rings. The fraction of sp³-hybridized carbons (Fsp3) is 0.368. The van der Waals surface area contributed by atoms with Crippen LogP contribution < -0.4 is 4.74 Å². The van der Waals surface area contributed by atoms with E-state index in [-0.39, 0.29) is 0 Å². The Morgan fingerprint density at radius 1 is 1.00 bits per heavy atom. The van der Waals surface area contributed by atoms with E-state index in [1.807, 2.05) is 55.5 Å². The Morgan fingerprint density at radius 2 is 1.74 bits per heavy atom. The van der Waals surface area contributed by atoms with Gasteiger partial charge in [-0.05, 0) is 49.2 Å². The topological polar surface area (TPSA) is 54.2 Å². The molecular formula is C19H24N2O2. The second kappa shape index (κ2) is 9.06. The highest BCUT2D eigenvalue weighted by Gasteiger charge is 2.08. The molecule has 0 aromatic heterocycles. The van der Waals surface area contributed by atoms with Crippen LogP contribution in [0.5, 0.6) is 5.75 Å². The van der Waals surface area contributed by atoms with Crippen LogP contribution in [-0.4, -0.2) is 11.4 Å². The number of aliphatic hydroxyl groups is 1. The van der Waals surface area contributed by atoms with Crippen LogP contribution in [0.4, 0.5) is 11.4 Å². The Balaban J connectivity index is 1.96. The highest BCUT2D eigenvalue weighted by Crippen LogP contribution is 2.26. The fourth-order valence-electron chi connectivity index (χ4n) is 2.21. The first-order chi connectivity index (χ1) is 11.2. The molecule has 2 aromatic rings. The van der Waals surface area contributed by atoms with Crippen molar-refractivity contribution in [2.24, 2.45) is 10.2 Å². The first kappa shape index (κ1) is 17.2. The van der Waals surface area contributed by atoms with E-state index in [0.29, 0.717) is 12.2 Å². The Labute approximate surface area is 137 Å². The van der Waals surface area contributed by atoms with E-state index in [1.54, 1.807) is 0 Å². The minimum absolute atomic E-state index is 0.656. The number of hydrogen-bond acceptors (Lipinski definition) is 4. The monoisotopic (exact) mass is 312 g/mol. The highest BCUT2D eigenvalue weighted by molar-refractivity contribution is 5.47. The molecule has 0 aliphatic heterocycles. The zero-order valence-electron chi connectivity index (χ0n) is 13.8. The van der Waals surface area contributed by atoms with Crippen molar-refractivity contribution >= 4 is 11.4 Å². The lowest BCUT2D eigenvalue weighted by Gasteiger charge is -2.15. The van der Waals surface area contributed by atoms with Crippen LogP contribution in [0.2, 0.25) is 0 Å². The maximum atomic E-state index is 9.91. The van der Waals surface area contributed by atoms with Crippen molar-refractivity contribution in [1.29, 1.82) is 0 Å². The second-order valence-corrected chi connectivity index (χ2v) is 5.55. The summed E-state index contributed by atoms with van der Waals surface area (Å²) < 4.78 is 5.59. The van der Waals surface area contributed by atoms with Crippen LogP contribution in [0.25, 0.3) is 0 Å². The third-order valence-corrected chi connectivity index (χ3v) is 3.51. The van der Waals surface area contributed by atoms with Crippen molar-refractivity contribution in [3.63, 3.8) is 0 Å². The molecule has 0 fully saturated rings. The summed E-state index contributed by atoms with van der Waals surface area (Å²) in [4.78, 5) is 0. The van der Waals surface area contributed by atoms with Gasteiger partial charge in [-0.3, -0.25) is 0 Å². The third kappa shape index (κ3) is 5.83. The van der Waals surface area contributed by atoms with Crippen LogP contribution in [0.1, 0.15) is 38.2 Å². The molecule has 122 valence electrons. The van der Waals surface area contributed by atoms with Gasteiger partial charge in [-0.1, -0.05) is 38.0 Å². The van der Waals surface area contributed by atoms with Gasteiger partial charge in [0.15, 0.2) is 6.29 Å². The fourth-order valence-corrected chi connectivity index (χ4v) is 2.21. The van der Waals surface area contributed by atoms with Gasteiger partial charge in [-0.15, -0.1) is 0 Å². The van der Waals surface area contributed by atoms with E-state index in [2.05, 4.69) is 17.2 Å². The van der Waals surface area contributed by atoms with Crippen LogP contribution in [0, 0.1) is 6.92 Å². The van der Waals surface area contributed by atoms with Crippen LogP contribution in [0.15, 0.2) is 58.8 Å². The number of aliphatic hydroxyl groups excluding tert-OH is 1. The SMILES string of the molecule is CCCCCC(O)Oc1ccc(N=Nc2ccccc2)cc1C. The Kier molecular flexibility index (Phi) is 6.76. The van der Waals surface area contributed by atoms with E-state index in [0.717, 1.165) is 36.2 Å². The van der Waals surface area contributed by atoms with Gasteiger partial charge in [0.05, 0.1) is 11.4 Å². The molecule has 2 aromatic carbocycles. The number of nitrogens with zero attached hydrogens (tertiary/aromatic N) is 2. The van der Waals surface area contributed by atoms with Gasteiger partial charge in [-0.2, -0.15) is 10.2 Å². The normalized spacial score (nSPS) is 12.5. The zero-order valence-corrected chi connectivity index (χ0v) is 13.8. The summed E-state index contributed by atoms with van der Waals surface area (Å²) in [5, 5.41) is 18.3. The van der Waals surface area contributed by atoms with Crippen molar-refractivity contribution in [3.05, 3.63) is 54.1 Å².